The maximum Gasteiger partial charge on any atom is 0.263 e. The fourth-order valence-electron chi connectivity index (χ4n) is 2.53. The van der Waals surface area contributed by atoms with Crippen molar-refractivity contribution in [2.75, 3.05) is 17.2 Å². The molecule has 2 N–H and O–H groups in total. The fraction of sp³-hybridized carbons (Fsp3) is 0.312. The first-order chi connectivity index (χ1) is 11.5. The van der Waals surface area contributed by atoms with Gasteiger partial charge in [0.1, 0.15) is 5.82 Å². The summed E-state index contributed by atoms with van der Waals surface area (Å²) in [5.41, 5.74) is 0.767. The number of benzene rings is 1. The summed E-state index contributed by atoms with van der Waals surface area (Å²) < 4.78 is 20.1. The zero-order valence-electron chi connectivity index (χ0n) is 13.3. The summed E-state index contributed by atoms with van der Waals surface area (Å²) in [4.78, 5) is 23.8. The molecule has 2 heterocycles. The van der Waals surface area contributed by atoms with Gasteiger partial charge in [-0.3, -0.25) is 14.3 Å². The number of amides is 2. The minimum atomic E-state index is -0.531. The van der Waals surface area contributed by atoms with Crippen LogP contribution in [-0.2, 0) is 23.1 Å². The van der Waals surface area contributed by atoms with E-state index in [9.17, 15) is 14.0 Å². The lowest BCUT2D eigenvalue weighted by molar-refractivity contribution is -0.119. The molecule has 2 aromatic rings. The maximum absolute atomic E-state index is 13.5. The number of aryl methyl sites for hydroxylation is 1. The highest BCUT2D eigenvalue weighted by molar-refractivity contribution is 5.98. The smallest absolute Gasteiger partial charge is 0.263 e. The van der Waals surface area contributed by atoms with Crippen LogP contribution in [0.15, 0.2) is 24.3 Å². The number of anilines is 2. The number of hydrogen-bond donors (Lipinski definition) is 2. The molecule has 3 rings (SSSR count). The number of carbonyl (C=O) groups excluding carboxylic acids is 2. The van der Waals surface area contributed by atoms with Crippen LogP contribution in [-0.4, -0.2) is 28.2 Å². The monoisotopic (exact) mass is 332 g/mol. The highest BCUT2D eigenvalue weighted by Crippen LogP contribution is 2.30. The molecule has 7 nitrogen and oxygen atoms in total. The Labute approximate surface area is 137 Å². The molecule has 0 bridgehead atoms. The van der Waals surface area contributed by atoms with E-state index in [0.29, 0.717) is 18.1 Å². The molecule has 1 aromatic carbocycles. The van der Waals surface area contributed by atoms with E-state index >= 15 is 0 Å². The summed E-state index contributed by atoms with van der Waals surface area (Å²) in [7, 11) is 1.68. The zero-order chi connectivity index (χ0) is 17.3. The molecule has 2 amide bonds. The van der Waals surface area contributed by atoms with Gasteiger partial charge in [-0.15, -0.1) is 0 Å². The van der Waals surface area contributed by atoms with Gasteiger partial charge in [-0.05, 0) is 18.6 Å². The van der Waals surface area contributed by atoms with Crippen molar-refractivity contribution in [1.29, 1.82) is 0 Å². The van der Waals surface area contributed by atoms with Gasteiger partial charge in [0, 0.05) is 18.5 Å². The van der Waals surface area contributed by atoms with Crippen LogP contribution in [0.4, 0.5) is 16.0 Å². The Bertz CT molecular complexity index is 803. The minimum Gasteiger partial charge on any atom is -0.481 e. The van der Waals surface area contributed by atoms with Gasteiger partial charge in [0.05, 0.1) is 0 Å². The third-order valence-electron chi connectivity index (χ3n) is 3.80. The Hall–Kier alpha value is -2.90. The van der Waals surface area contributed by atoms with Crippen LogP contribution in [0.1, 0.15) is 12.5 Å². The lowest BCUT2D eigenvalue weighted by Crippen LogP contribution is -2.29. The standard InChI is InChI=1S/C16H17FN4O3/c1-9-7-10-14(20-21(2)15(10)19-16(9)23)18-13(22)8-24-12-6-4-3-5-11(12)17/h3-6,9H,7-8H2,1-2H3,(H,19,23)(H,18,20,22)/t9-/m1/s1. The molecule has 1 aliphatic heterocycles. The predicted molar refractivity (Wildman–Crippen MR) is 85.2 cm³/mol. The van der Waals surface area contributed by atoms with E-state index in [0.717, 1.165) is 5.56 Å². The lowest BCUT2D eigenvalue weighted by Gasteiger charge is -2.19. The summed E-state index contributed by atoms with van der Waals surface area (Å²) in [5, 5.41) is 9.63. The number of carbonyl (C=O) groups is 2. The Kier molecular flexibility index (Phi) is 4.20. The molecule has 24 heavy (non-hydrogen) atoms. The molecule has 0 radical (unpaired) electrons. The molecule has 1 atom stereocenters. The Morgan fingerprint density at radius 1 is 1.50 bits per heavy atom. The third-order valence-corrected chi connectivity index (χ3v) is 3.80. The molecule has 0 saturated carbocycles. The van der Waals surface area contributed by atoms with Crippen LogP contribution < -0.4 is 15.4 Å². The highest BCUT2D eigenvalue weighted by atomic mass is 19.1. The molecule has 0 fully saturated rings. The second-order valence-corrected chi connectivity index (χ2v) is 5.66. The number of halogens is 1. The van der Waals surface area contributed by atoms with E-state index in [1.54, 1.807) is 20.0 Å². The van der Waals surface area contributed by atoms with Gasteiger partial charge in [-0.1, -0.05) is 19.1 Å². The highest BCUT2D eigenvalue weighted by Gasteiger charge is 2.29. The van der Waals surface area contributed by atoms with Gasteiger partial charge < -0.3 is 15.4 Å². The van der Waals surface area contributed by atoms with E-state index < -0.39 is 11.7 Å². The first-order valence-corrected chi connectivity index (χ1v) is 7.49. The number of rotatable bonds is 4. The van der Waals surface area contributed by atoms with Gasteiger partial charge in [0.25, 0.3) is 5.91 Å². The van der Waals surface area contributed by atoms with E-state index in [1.165, 1.54) is 22.9 Å². The fourth-order valence-corrected chi connectivity index (χ4v) is 2.53. The summed E-state index contributed by atoms with van der Waals surface area (Å²) in [6, 6.07) is 5.86. The lowest BCUT2D eigenvalue weighted by atomic mass is 9.98. The minimum absolute atomic E-state index is 0.0107. The van der Waals surface area contributed by atoms with E-state index in [-0.39, 0.29) is 24.2 Å². The van der Waals surface area contributed by atoms with Crippen molar-refractivity contribution in [3.05, 3.63) is 35.6 Å². The molecule has 0 unspecified atom stereocenters. The maximum atomic E-state index is 13.5. The summed E-state index contributed by atoms with van der Waals surface area (Å²) in [6.45, 7) is 1.46. The number of ether oxygens (including phenoxy) is 1. The summed E-state index contributed by atoms with van der Waals surface area (Å²) in [6.07, 6.45) is 0.485. The van der Waals surface area contributed by atoms with E-state index in [2.05, 4.69) is 15.7 Å². The predicted octanol–water partition coefficient (Wildman–Crippen LogP) is 1.71. The van der Waals surface area contributed by atoms with Crippen molar-refractivity contribution in [2.45, 2.75) is 13.3 Å². The second kappa shape index (κ2) is 6.31. The zero-order valence-corrected chi connectivity index (χ0v) is 13.3. The Balaban J connectivity index is 1.68. The van der Waals surface area contributed by atoms with Gasteiger partial charge in [-0.25, -0.2) is 4.39 Å². The molecular weight excluding hydrogens is 315 g/mol. The average Bonchev–Trinajstić information content (AvgIpc) is 2.83. The number of aromatic nitrogens is 2. The van der Waals surface area contributed by atoms with Gasteiger partial charge in [-0.2, -0.15) is 5.10 Å². The van der Waals surface area contributed by atoms with Gasteiger partial charge >= 0.3 is 0 Å². The van der Waals surface area contributed by atoms with Crippen molar-refractivity contribution in [3.63, 3.8) is 0 Å². The van der Waals surface area contributed by atoms with Crippen molar-refractivity contribution >= 4 is 23.5 Å². The summed E-state index contributed by atoms with van der Waals surface area (Å²) in [5.74, 6) is -0.305. The number of fused-ring (bicyclic) bond motifs is 1. The second-order valence-electron chi connectivity index (χ2n) is 5.66. The first kappa shape index (κ1) is 16.0. The topological polar surface area (TPSA) is 85.2 Å². The third kappa shape index (κ3) is 3.08. The van der Waals surface area contributed by atoms with Crippen LogP contribution in [0.5, 0.6) is 5.75 Å². The summed E-state index contributed by atoms with van der Waals surface area (Å²) >= 11 is 0. The quantitative estimate of drug-likeness (QED) is 0.892. The van der Waals surface area contributed by atoms with Crippen LogP contribution in [0.25, 0.3) is 0 Å². The number of hydrogen-bond acceptors (Lipinski definition) is 4. The number of nitrogens with one attached hydrogen (secondary N) is 2. The normalized spacial score (nSPS) is 16.3. The molecular formula is C16H17FN4O3. The van der Waals surface area contributed by atoms with E-state index in [4.69, 9.17) is 4.74 Å². The number of para-hydroxylation sites is 1. The molecule has 8 heteroatoms. The van der Waals surface area contributed by atoms with Crippen LogP contribution in [0.2, 0.25) is 0 Å². The average molecular weight is 332 g/mol. The molecule has 126 valence electrons. The van der Waals surface area contributed by atoms with Crippen LogP contribution in [0.3, 0.4) is 0 Å². The molecule has 0 spiro atoms. The van der Waals surface area contributed by atoms with Crippen molar-refractivity contribution < 1.29 is 18.7 Å². The van der Waals surface area contributed by atoms with Crippen molar-refractivity contribution in [1.82, 2.24) is 9.78 Å². The molecule has 1 aromatic heterocycles. The van der Waals surface area contributed by atoms with Crippen LogP contribution in [0, 0.1) is 11.7 Å². The van der Waals surface area contributed by atoms with Crippen molar-refractivity contribution in [2.24, 2.45) is 13.0 Å². The molecule has 0 saturated heterocycles. The Morgan fingerprint density at radius 3 is 3.00 bits per heavy atom. The SMILES string of the molecule is C[C@@H]1Cc2c(NC(=O)COc3ccccc3F)nn(C)c2NC1=O. The number of nitrogens with zero attached hydrogens (tertiary/aromatic N) is 2. The first-order valence-electron chi connectivity index (χ1n) is 7.49. The van der Waals surface area contributed by atoms with E-state index in [1.807, 2.05) is 0 Å². The molecule has 1 aliphatic rings. The van der Waals surface area contributed by atoms with Gasteiger partial charge in [0.15, 0.2) is 24.0 Å². The van der Waals surface area contributed by atoms with Crippen LogP contribution >= 0.6 is 0 Å². The Morgan fingerprint density at radius 2 is 2.25 bits per heavy atom. The van der Waals surface area contributed by atoms with Gasteiger partial charge in [0.2, 0.25) is 5.91 Å². The van der Waals surface area contributed by atoms with Crippen molar-refractivity contribution in [3.8, 4) is 5.75 Å². The molecule has 0 aliphatic carbocycles. The largest absolute Gasteiger partial charge is 0.481 e.